The summed E-state index contributed by atoms with van der Waals surface area (Å²) in [4.78, 5) is 22.4. The van der Waals surface area contributed by atoms with Gasteiger partial charge in [0.15, 0.2) is 0 Å². The molecule has 1 atom stereocenters. The van der Waals surface area contributed by atoms with Crippen LogP contribution < -0.4 is 5.73 Å². The zero-order valence-corrected chi connectivity index (χ0v) is 12.6. The van der Waals surface area contributed by atoms with E-state index in [0.29, 0.717) is 12.8 Å². The third-order valence-electron chi connectivity index (χ3n) is 3.33. The van der Waals surface area contributed by atoms with Crippen LogP contribution in [0.3, 0.4) is 0 Å². The van der Waals surface area contributed by atoms with E-state index in [1.54, 1.807) is 0 Å². The van der Waals surface area contributed by atoms with Gasteiger partial charge in [-0.1, -0.05) is 6.42 Å². The Balaban J connectivity index is 2.79. The molecule has 0 radical (unpaired) electrons. The number of nitrogens with two attached hydrogens (primary N) is 1. The van der Waals surface area contributed by atoms with Crippen molar-refractivity contribution in [3.8, 4) is 0 Å². The lowest BCUT2D eigenvalue weighted by molar-refractivity contribution is -0.140. The van der Waals surface area contributed by atoms with Gasteiger partial charge < -0.3 is 10.5 Å². The second-order valence-corrected chi connectivity index (χ2v) is 6.67. The normalized spacial score (nSPS) is 20.9. The average molecular weight is 307 g/mol. The Bertz CT molecular complexity index is 465. The molecule has 116 valence electrons. The number of methoxy groups -OCH3 is 1. The lowest BCUT2D eigenvalue weighted by atomic mass is 10.0. The molecule has 0 aliphatic carbocycles. The minimum Gasteiger partial charge on any atom is -0.469 e. The van der Waals surface area contributed by atoms with E-state index < -0.39 is 28.1 Å². The van der Waals surface area contributed by atoms with E-state index in [1.165, 1.54) is 14.2 Å². The van der Waals surface area contributed by atoms with Crippen LogP contribution in [0.4, 0.5) is 0 Å². The molecule has 8 nitrogen and oxygen atoms in total. The van der Waals surface area contributed by atoms with Crippen molar-refractivity contribution < 1.29 is 22.7 Å². The van der Waals surface area contributed by atoms with Crippen molar-refractivity contribution in [3.63, 3.8) is 0 Å². The highest BCUT2D eigenvalue weighted by Gasteiger charge is 2.37. The minimum atomic E-state index is -3.80. The van der Waals surface area contributed by atoms with Crippen LogP contribution in [0.1, 0.15) is 25.7 Å². The lowest BCUT2D eigenvalue weighted by Crippen LogP contribution is -2.54. The quantitative estimate of drug-likeness (QED) is 0.637. The van der Waals surface area contributed by atoms with Crippen molar-refractivity contribution in [1.29, 1.82) is 0 Å². The number of rotatable bonds is 6. The first kappa shape index (κ1) is 16.9. The number of ether oxygens (including phenoxy) is 1. The molecule has 9 heteroatoms. The highest BCUT2D eigenvalue weighted by Crippen LogP contribution is 2.22. The second-order valence-electron chi connectivity index (χ2n) is 4.68. The van der Waals surface area contributed by atoms with Crippen LogP contribution in [0, 0.1) is 0 Å². The molecule has 20 heavy (non-hydrogen) atoms. The number of esters is 1. The number of hydrogen-bond acceptors (Lipinski definition) is 5. The molecule has 0 aromatic heterocycles. The Morgan fingerprint density at radius 3 is 2.60 bits per heavy atom. The largest absolute Gasteiger partial charge is 0.469 e. The molecule has 2 N–H and O–H groups in total. The average Bonchev–Trinajstić information content (AvgIpc) is 2.43. The monoisotopic (exact) mass is 307 g/mol. The van der Waals surface area contributed by atoms with Gasteiger partial charge in [0.05, 0.1) is 13.5 Å². The van der Waals surface area contributed by atoms with Crippen molar-refractivity contribution in [3.05, 3.63) is 0 Å². The Labute approximate surface area is 119 Å². The molecule has 0 spiro atoms. The lowest BCUT2D eigenvalue weighted by Gasteiger charge is -2.35. The van der Waals surface area contributed by atoms with Crippen molar-refractivity contribution in [2.24, 2.45) is 5.73 Å². The van der Waals surface area contributed by atoms with Crippen LogP contribution in [0.25, 0.3) is 0 Å². The first-order valence-corrected chi connectivity index (χ1v) is 7.79. The highest BCUT2D eigenvalue weighted by atomic mass is 32.2. The van der Waals surface area contributed by atoms with Crippen molar-refractivity contribution in [2.45, 2.75) is 31.7 Å². The van der Waals surface area contributed by atoms with Crippen LogP contribution in [-0.4, -0.2) is 62.2 Å². The molecule has 0 aromatic rings. The Kier molecular flexibility index (Phi) is 5.90. The van der Waals surface area contributed by atoms with Crippen molar-refractivity contribution >= 4 is 22.1 Å². The number of hydrogen-bond donors (Lipinski definition) is 1. The smallest absolute Gasteiger partial charge is 0.306 e. The van der Waals surface area contributed by atoms with Crippen LogP contribution >= 0.6 is 0 Å². The predicted molar refractivity (Wildman–Crippen MR) is 71.7 cm³/mol. The topological polar surface area (TPSA) is 110 Å². The SMILES string of the molecule is COC(=O)CCN(C)S(=O)(=O)N1CCCCC1C(N)=O. The van der Waals surface area contributed by atoms with E-state index in [4.69, 9.17) is 5.73 Å². The summed E-state index contributed by atoms with van der Waals surface area (Å²) in [7, 11) is -1.20. The zero-order valence-electron chi connectivity index (χ0n) is 11.7. The fraction of sp³-hybridized carbons (Fsp3) is 0.818. The summed E-state index contributed by atoms with van der Waals surface area (Å²) in [5, 5.41) is 0. The number of primary amides is 1. The van der Waals surface area contributed by atoms with Gasteiger partial charge in [0.25, 0.3) is 10.2 Å². The van der Waals surface area contributed by atoms with Gasteiger partial charge >= 0.3 is 5.97 Å². The number of piperidine rings is 1. The van der Waals surface area contributed by atoms with E-state index in [0.717, 1.165) is 15.0 Å². The molecule has 0 aromatic carbocycles. The maximum absolute atomic E-state index is 12.4. The Morgan fingerprint density at radius 2 is 2.05 bits per heavy atom. The zero-order chi connectivity index (χ0) is 15.3. The Hall–Kier alpha value is -1.19. The van der Waals surface area contributed by atoms with Gasteiger partial charge in [-0.2, -0.15) is 17.0 Å². The molecule has 0 saturated carbocycles. The Morgan fingerprint density at radius 1 is 1.40 bits per heavy atom. The van der Waals surface area contributed by atoms with Gasteiger partial charge in [-0.15, -0.1) is 0 Å². The van der Waals surface area contributed by atoms with Gasteiger partial charge in [0, 0.05) is 20.1 Å². The van der Waals surface area contributed by atoms with Crippen LogP contribution in [0.15, 0.2) is 0 Å². The molecule has 1 saturated heterocycles. The fourth-order valence-corrected chi connectivity index (χ4v) is 3.68. The molecular weight excluding hydrogens is 286 g/mol. The summed E-state index contributed by atoms with van der Waals surface area (Å²) >= 11 is 0. The molecule has 1 heterocycles. The van der Waals surface area contributed by atoms with Gasteiger partial charge in [-0.25, -0.2) is 0 Å². The first-order valence-electron chi connectivity index (χ1n) is 6.40. The van der Waals surface area contributed by atoms with Crippen molar-refractivity contribution in [1.82, 2.24) is 8.61 Å². The second kappa shape index (κ2) is 7.00. The maximum atomic E-state index is 12.4. The third kappa shape index (κ3) is 3.90. The molecule has 1 rings (SSSR count). The van der Waals surface area contributed by atoms with Crippen LogP contribution in [0.5, 0.6) is 0 Å². The number of amides is 1. The molecule has 1 aliphatic rings. The molecule has 1 fully saturated rings. The maximum Gasteiger partial charge on any atom is 0.306 e. The van der Waals surface area contributed by atoms with Crippen LogP contribution in [-0.2, 0) is 24.5 Å². The summed E-state index contributed by atoms with van der Waals surface area (Å²) in [6, 6.07) is -0.811. The molecule has 1 amide bonds. The van der Waals surface area contributed by atoms with Gasteiger partial charge in [0.2, 0.25) is 5.91 Å². The van der Waals surface area contributed by atoms with E-state index in [1.807, 2.05) is 0 Å². The highest BCUT2D eigenvalue weighted by molar-refractivity contribution is 7.86. The molecule has 1 aliphatic heterocycles. The molecular formula is C11H21N3O5S. The van der Waals surface area contributed by atoms with Gasteiger partial charge in [0.1, 0.15) is 6.04 Å². The minimum absolute atomic E-state index is 0.00299. The number of nitrogens with zero attached hydrogens (tertiary/aromatic N) is 2. The molecule has 1 unspecified atom stereocenters. The predicted octanol–water partition coefficient (Wildman–Crippen LogP) is -0.934. The van der Waals surface area contributed by atoms with E-state index in [2.05, 4.69) is 4.74 Å². The van der Waals surface area contributed by atoms with Crippen molar-refractivity contribution in [2.75, 3.05) is 27.2 Å². The number of carbonyl (C=O) groups excluding carboxylic acids is 2. The summed E-state index contributed by atoms with van der Waals surface area (Å²) in [5.74, 6) is -1.13. The fourth-order valence-electron chi connectivity index (χ4n) is 2.11. The van der Waals surface area contributed by atoms with E-state index in [-0.39, 0.29) is 19.5 Å². The number of carbonyl (C=O) groups is 2. The summed E-state index contributed by atoms with van der Waals surface area (Å²) < 4.78 is 31.4. The summed E-state index contributed by atoms with van der Waals surface area (Å²) in [5.41, 5.74) is 5.26. The van der Waals surface area contributed by atoms with Gasteiger partial charge in [-0.05, 0) is 12.8 Å². The molecule has 0 bridgehead atoms. The standard InChI is InChI=1S/C11H21N3O5S/c1-13(8-6-10(15)19-2)20(17,18)14-7-4-3-5-9(14)11(12)16/h9H,3-8H2,1-2H3,(H2,12,16). The van der Waals surface area contributed by atoms with Gasteiger partial charge in [-0.3, -0.25) is 9.59 Å². The third-order valence-corrected chi connectivity index (χ3v) is 5.33. The summed E-state index contributed by atoms with van der Waals surface area (Å²) in [6.45, 7) is 0.259. The van der Waals surface area contributed by atoms with Crippen LogP contribution in [0.2, 0.25) is 0 Å². The summed E-state index contributed by atoms with van der Waals surface area (Å²) in [6.07, 6.45) is 1.85. The first-order chi connectivity index (χ1) is 9.30. The van der Waals surface area contributed by atoms with E-state index >= 15 is 0 Å². The van der Waals surface area contributed by atoms with E-state index in [9.17, 15) is 18.0 Å².